The zero-order valence-electron chi connectivity index (χ0n) is 12.2. The molecule has 0 radical (unpaired) electrons. The predicted octanol–water partition coefficient (Wildman–Crippen LogP) is 3.69. The Balaban J connectivity index is 1.72. The molecular weight excluding hydrogens is 264 g/mol. The molecule has 3 heteroatoms. The minimum Gasteiger partial charge on any atom is -0.497 e. The molecule has 1 saturated carbocycles. The summed E-state index contributed by atoms with van der Waals surface area (Å²) in [6, 6.07) is 15.3. The summed E-state index contributed by atoms with van der Waals surface area (Å²) < 4.78 is 10.4. The van der Waals surface area contributed by atoms with Crippen molar-refractivity contribution in [2.75, 3.05) is 14.2 Å². The Bertz CT molecular complexity index is 646. The molecule has 0 spiro atoms. The van der Waals surface area contributed by atoms with Crippen molar-refractivity contribution in [2.24, 2.45) is 5.92 Å². The number of hydrogen-bond acceptors (Lipinski definition) is 3. The van der Waals surface area contributed by atoms with Crippen molar-refractivity contribution in [3.8, 4) is 11.5 Å². The van der Waals surface area contributed by atoms with Crippen LogP contribution in [0.15, 0.2) is 48.5 Å². The van der Waals surface area contributed by atoms with Gasteiger partial charge in [-0.3, -0.25) is 4.79 Å². The first-order chi connectivity index (χ1) is 10.2. The zero-order valence-corrected chi connectivity index (χ0v) is 12.2. The third kappa shape index (κ3) is 2.77. The highest BCUT2D eigenvalue weighted by Crippen LogP contribution is 2.49. The molecule has 0 saturated heterocycles. The van der Waals surface area contributed by atoms with Crippen molar-refractivity contribution in [3.05, 3.63) is 59.7 Å². The van der Waals surface area contributed by atoms with E-state index in [2.05, 4.69) is 6.07 Å². The Kier molecular flexibility index (Phi) is 3.65. The van der Waals surface area contributed by atoms with Crippen LogP contribution in [0.25, 0.3) is 0 Å². The van der Waals surface area contributed by atoms with Crippen LogP contribution in [-0.4, -0.2) is 20.0 Å². The summed E-state index contributed by atoms with van der Waals surface area (Å²) in [5.41, 5.74) is 1.94. The van der Waals surface area contributed by atoms with Crippen LogP contribution < -0.4 is 9.47 Å². The molecule has 2 aromatic rings. The summed E-state index contributed by atoms with van der Waals surface area (Å²) in [6.07, 6.45) is 0.915. The average molecular weight is 282 g/mol. The van der Waals surface area contributed by atoms with Crippen molar-refractivity contribution in [2.45, 2.75) is 12.3 Å². The van der Waals surface area contributed by atoms with E-state index in [-0.39, 0.29) is 11.7 Å². The van der Waals surface area contributed by atoms with E-state index < -0.39 is 0 Å². The Labute approximate surface area is 124 Å². The molecule has 2 atom stereocenters. The molecule has 0 heterocycles. The summed E-state index contributed by atoms with van der Waals surface area (Å²) in [5.74, 6) is 2.23. The number of hydrogen-bond donors (Lipinski definition) is 0. The van der Waals surface area contributed by atoms with Gasteiger partial charge in [-0.2, -0.15) is 0 Å². The van der Waals surface area contributed by atoms with E-state index in [0.717, 1.165) is 23.5 Å². The molecule has 0 aliphatic heterocycles. The SMILES string of the molecule is COc1ccc(C(=O)C2CC2c2cccc(OC)c2)cc1. The number of ketones is 1. The lowest BCUT2D eigenvalue weighted by Crippen LogP contribution is -2.03. The first-order valence-electron chi connectivity index (χ1n) is 7.05. The summed E-state index contributed by atoms with van der Waals surface area (Å²) in [6.45, 7) is 0. The Morgan fingerprint density at radius 1 is 1.00 bits per heavy atom. The molecule has 108 valence electrons. The van der Waals surface area contributed by atoms with Crippen LogP contribution in [0.5, 0.6) is 11.5 Å². The van der Waals surface area contributed by atoms with Crippen LogP contribution in [0.3, 0.4) is 0 Å². The van der Waals surface area contributed by atoms with Gasteiger partial charge in [-0.25, -0.2) is 0 Å². The average Bonchev–Trinajstić information content (AvgIpc) is 3.35. The summed E-state index contributed by atoms with van der Waals surface area (Å²) in [5, 5.41) is 0. The molecular formula is C18H18O3. The van der Waals surface area contributed by atoms with E-state index in [1.807, 2.05) is 42.5 Å². The minimum atomic E-state index is 0.0884. The second-order valence-corrected chi connectivity index (χ2v) is 5.32. The highest BCUT2D eigenvalue weighted by atomic mass is 16.5. The third-order valence-electron chi connectivity index (χ3n) is 4.02. The van der Waals surface area contributed by atoms with Crippen LogP contribution in [-0.2, 0) is 0 Å². The molecule has 0 N–H and O–H groups in total. The first kappa shape index (κ1) is 13.7. The lowest BCUT2D eigenvalue weighted by molar-refractivity contribution is 0.0965. The first-order valence-corrected chi connectivity index (χ1v) is 7.05. The summed E-state index contributed by atoms with van der Waals surface area (Å²) in [4.78, 5) is 12.5. The molecule has 3 nitrogen and oxygen atoms in total. The van der Waals surface area contributed by atoms with E-state index in [4.69, 9.17) is 9.47 Å². The fourth-order valence-electron chi connectivity index (χ4n) is 2.69. The van der Waals surface area contributed by atoms with Crippen molar-refractivity contribution >= 4 is 5.78 Å². The fourth-order valence-corrected chi connectivity index (χ4v) is 2.69. The zero-order chi connectivity index (χ0) is 14.8. The Hall–Kier alpha value is -2.29. The second kappa shape index (κ2) is 5.60. The number of rotatable bonds is 5. The van der Waals surface area contributed by atoms with Gasteiger partial charge in [0.25, 0.3) is 0 Å². The molecule has 0 bridgehead atoms. The van der Waals surface area contributed by atoms with Gasteiger partial charge < -0.3 is 9.47 Å². The Morgan fingerprint density at radius 3 is 2.38 bits per heavy atom. The minimum absolute atomic E-state index is 0.0884. The van der Waals surface area contributed by atoms with Gasteiger partial charge in [0.15, 0.2) is 5.78 Å². The van der Waals surface area contributed by atoms with Crippen LogP contribution in [0.2, 0.25) is 0 Å². The fraction of sp³-hybridized carbons (Fsp3) is 0.278. The molecule has 21 heavy (non-hydrogen) atoms. The highest BCUT2D eigenvalue weighted by molar-refractivity contribution is 6.00. The molecule has 0 amide bonds. The van der Waals surface area contributed by atoms with Gasteiger partial charge in [-0.15, -0.1) is 0 Å². The van der Waals surface area contributed by atoms with Crippen LogP contribution in [0, 0.1) is 5.92 Å². The van der Waals surface area contributed by atoms with Crippen LogP contribution >= 0.6 is 0 Å². The largest absolute Gasteiger partial charge is 0.497 e. The van der Waals surface area contributed by atoms with Gasteiger partial charge in [0.1, 0.15) is 11.5 Å². The van der Waals surface area contributed by atoms with Gasteiger partial charge in [0.2, 0.25) is 0 Å². The number of ether oxygens (including phenoxy) is 2. The standard InChI is InChI=1S/C18H18O3/c1-20-14-8-6-12(7-9-14)18(19)17-11-16(17)13-4-3-5-15(10-13)21-2/h3-10,16-17H,11H2,1-2H3. The number of methoxy groups -OCH3 is 2. The highest BCUT2D eigenvalue weighted by Gasteiger charge is 2.44. The molecule has 1 aliphatic carbocycles. The van der Waals surface area contributed by atoms with E-state index in [1.165, 1.54) is 5.56 Å². The van der Waals surface area contributed by atoms with Gasteiger partial charge in [-0.05, 0) is 54.3 Å². The van der Waals surface area contributed by atoms with Crippen molar-refractivity contribution in [1.29, 1.82) is 0 Å². The summed E-state index contributed by atoms with van der Waals surface area (Å²) >= 11 is 0. The number of benzene rings is 2. The van der Waals surface area contributed by atoms with Gasteiger partial charge in [0, 0.05) is 11.5 Å². The Morgan fingerprint density at radius 2 is 1.71 bits per heavy atom. The lowest BCUT2D eigenvalue weighted by Gasteiger charge is -2.05. The second-order valence-electron chi connectivity index (χ2n) is 5.32. The quantitative estimate of drug-likeness (QED) is 0.785. The lowest BCUT2D eigenvalue weighted by atomic mass is 10.0. The van der Waals surface area contributed by atoms with Gasteiger partial charge >= 0.3 is 0 Å². The van der Waals surface area contributed by atoms with Crippen molar-refractivity contribution < 1.29 is 14.3 Å². The molecule has 2 aromatic carbocycles. The van der Waals surface area contributed by atoms with Crippen molar-refractivity contribution in [1.82, 2.24) is 0 Å². The normalized spacial score (nSPS) is 19.9. The molecule has 0 aromatic heterocycles. The molecule has 1 fully saturated rings. The summed E-state index contributed by atoms with van der Waals surface area (Å²) in [7, 11) is 3.28. The number of Topliss-reactive ketones (excluding diaryl/α,β-unsaturated/α-hetero) is 1. The van der Waals surface area contributed by atoms with E-state index >= 15 is 0 Å². The van der Waals surface area contributed by atoms with Crippen LogP contribution in [0.1, 0.15) is 28.3 Å². The van der Waals surface area contributed by atoms with E-state index in [1.54, 1.807) is 14.2 Å². The van der Waals surface area contributed by atoms with Gasteiger partial charge in [0.05, 0.1) is 14.2 Å². The van der Waals surface area contributed by atoms with Crippen molar-refractivity contribution in [3.63, 3.8) is 0 Å². The monoisotopic (exact) mass is 282 g/mol. The van der Waals surface area contributed by atoms with E-state index in [0.29, 0.717) is 5.92 Å². The number of carbonyl (C=O) groups is 1. The third-order valence-corrected chi connectivity index (χ3v) is 4.02. The number of carbonyl (C=O) groups excluding carboxylic acids is 1. The molecule has 2 unspecified atom stereocenters. The van der Waals surface area contributed by atoms with Crippen LogP contribution in [0.4, 0.5) is 0 Å². The maximum Gasteiger partial charge on any atom is 0.166 e. The maximum atomic E-state index is 12.5. The maximum absolute atomic E-state index is 12.5. The predicted molar refractivity (Wildman–Crippen MR) is 81.2 cm³/mol. The molecule has 1 aliphatic rings. The smallest absolute Gasteiger partial charge is 0.166 e. The topological polar surface area (TPSA) is 35.5 Å². The van der Waals surface area contributed by atoms with Gasteiger partial charge in [-0.1, -0.05) is 12.1 Å². The van der Waals surface area contributed by atoms with E-state index in [9.17, 15) is 4.79 Å². The molecule has 3 rings (SSSR count).